The van der Waals surface area contributed by atoms with Crippen LogP contribution in [0.2, 0.25) is 5.02 Å². The van der Waals surface area contributed by atoms with Gasteiger partial charge in [0, 0.05) is 26.7 Å². The molecule has 5 heteroatoms. The Balaban J connectivity index is 1.96. The van der Waals surface area contributed by atoms with Crippen LogP contribution in [0.15, 0.2) is 39.3 Å². The molecule has 0 aliphatic rings. The van der Waals surface area contributed by atoms with Crippen LogP contribution in [0.5, 0.6) is 0 Å². The van der Waals surface area contributed by atoms with Crippen molar-refractivity contribution in [1.29, 1.82) is 0 Å². The molecule has 0 amide bonds. The molecule has 0 spiro atoms. The van der Waals surface area contributed by atoms with Gasteiger partial charge in [0.25, 0.3) is 0 Å². The number of rotatable bonds is 3. The Kier molecular flexibility index (Phi) is 4.08. The second kappa shape index (κ2) is 5.34. The Morgan fingerprint density at radius 3 is 2.93 bits per heavy atom. The zero-order chi connectivity index (χ0) is 10.7. The summed E-state index contributed by atoms with van der Waals surface area (Å²) in [6.45, 7) is 0. The van der Waals surface area contributed by atoms with Crippen LogP contribution in [0, 0.1) is 0 Å². The molecule has 0 unspecified atom stereocenters. The largest absolute Gasteiger partial charge is 0.248 e. The van der Waals surface area contributed by atoms with Crippen molar-refractivity contribution in [3.8, 4) is 0 Å². The minimum atomic E-state index is 0.679. The zero-order valence-electron chi connectivity index (χ0n) is 7.61. The SMILES string of the molecule is Clc1ccc(SCc2cc(Br)cs2)nc1. The average molecular weight is 321 g/mol. The summed E-state index contributed by atoms with van der Waals surface area (Å²) in [5.74, 6) is 0.949. The van der Waals surface area contributed by atoms with Crippen LogP contribution in [0.1, 0.15) is 4.88 Å². The molecule has 0 fully saturated rings. The normalized spacial score (nSPS) is 10.5. The van der Waals surface area contributed by atoms with Crippen LogP contribution in [-0.4, -0.2) is 4.98 Å². The van der Waals surface area contributed by atoms with E-state index in [4.69, 9.17) is 11.6 Å². The molecule has 1 nitrogen and oxygen atoms in total. The van der Waals surface area contributed by atoms with E-state index in [2.05, 4.69) is 32.4 Å². The minimum absolute atomic E-state index is 0.679. The number of hydrogen-bond donors (Lipinski definition) is 0. The molecule has 0 atom stereocenters. The molecule has 15 heavy (non-hydrogen) atoms. The second-order valence-electron chi connectivity index (χ2n) is 2.83. The molecule has 2 aromatic heterocycles. The number of nitrogens with zero attached hydrogens (tertiary/aromatic N) is 1. The van der Waals surface area contributed by atoms with Gasteiger partial charge in [0.15, 0.2) is 0 Å². The van der Waals surface area contributed by atoms with E-state index in [1.807, 2.05) is 12.1 Å². The van der Waals surface area contributed by atoms with Crippen molar-refractivity contribution in [2.75, 3.05) is 0 Å². The van der Waals surface area contributed by atoms with Crippen LogP contribution in [0.3, 0.4) is 0 Å². The Labute approximate surface area is 110 Å². The first-order chi connectivity index (χ1) is 7.24. The maximum absolute atomic E-state index is 5.76. The van der Waals surface area contributed by atoms with E-state index in [1.54, 1.807) is 29.3 Å². The van der Waals surface area contributed by atoms with Gasteiger partial charge in [-0.15, -0.1) is 23.1 Å². The fraction of sp³-hybridized carbons (Fsp3) is 0.100. The summed E-state index contributed by atoms with van der Waals surface area (Å²) in [6.07, 6.45) is 1.67. The third-order valence-electron chi connectivity index (χ3n) is 1.68. The predicted octanol–water partition coefficient (Wildman–Crippen LogP) is 4.85. The molecule has 2 heterocycles. The molecule has 0 N–H and O–H groups in total. The van der Waals surface area contributed by atoms with Crippen molar-refractivity contribution >= 4 is 50.6 Å². The molecule has 2 aromatic rings. The lowest BCUT2D eigenvalue weighted by Crippen LogP contribution is -1.79. The Bertz CT molecular complexity index is 441. The van der Waals surface area contributed by atoms with E-state index in [9.17, 15) is 0 Å². The van der Waals surface area contributed by atoms with Crippen LogP contribution < -0.4 is 0 Å². The van der Waals surface area contributed by atoms with Crippen molar-refractivity contribution in [1.82, 2.24) is 4.98 Å². The lowest BCUT2D eigenvalue weighted by molar-refractivity contribution is 1.13. The highest BCUT2D eigenvalue weighted by Crippen LogP contribution is 2.27. The summed E-state index contributed by atoms with van der Waals surface area (Å²) >= 11 is 12.7. The van der Waals surface area contributed by atoms with Crippen LogP contribution >= 0.6 is 50.6 Å². The highest BCUT2D eigenvalue weighted by molar-refractivity contribution is 9.10. The number of thiophene rings is 1. The summed E-state index contributed by atoms with van der Waals surface area (Å²) in [5, 5.41) is 3.77. The summed E-state index contributed by atoms with van der Waals surface area (Å²) in [6, 6.07) is 5.93. The van der Waals surface area contributed by atoms with Crippen LogP contribution in [0.25, 0.3) is 0 Å². The van der Waals surface area contributed by atoms with Crippen LogP contribution in [-0.2, 0) is 5.75 Å². The number of halogens is 2. The number of aromatic nitrogens is 1. The third kappa shape index (κ3) is 3.48. The Morgan fingerprint density at radius 2 is 2.33 bits per heavy atom. The van der Waals surface area contributed by atoms with Crippen molar-refractivity contribution in [3.05, 3.63) is 44.1 Å². The first-order valence-electron chi connectivity index (χ1n) is 4.21. The lowest BCUT2D eigenvalue weighted by atomic mass is 10.5. The predicted molar refractivity (Wildman–Crippen MR) is 70.8 cm³/mol. The molecule has 0 aliphatic heterocycles. The molecular weight excluding hydrogens is 314 g/mol. The maximum Gasteiger partial charge on any atom is 0.0964 e. The van der Waals surface area contributed by atoms with Gasteiger partial charge in [-0.2, -0.15) is 0 Å². The first-order valence-corrected chi connectivity index (χ1v) is 7.25. The molecule has 0 radical (unpaired) electrons. The van der Waals surface area contributed by atoms with Crippen molar-refractivity contribution in [3.63, 3.8) is 0 Å². The minimum Gasteiger partial charge on any atom is -0.248 e. The number of pyridine rings is 1. The molecule has 0 saturated carbocycles. The molecule has 0 aromatic carbocycles. The van der Waals surface area contributed by atoms with E-state index < -0.39 is 0 Å². The van der Waals surface area contributed by atoms with Crippen molar-refractivity contribution in [2.24, 2.45) is 0 Å². The summed E-state index contributed by atoms with van der Waals surface area (Å²) in [5.41, 5.74) is 0. The van der Waals surface area contributed by atoms with Gasteiger partial charge in [0.1, 0.15) is 0 Å². The second-order valence-corrected chi connectivity index (χ2v) is 6.18. The maximum atomic E-state index is 5.76. The van der Waals surface area contributed by atoms with Gasteiger partial charge in [-0.05, 0) is 34.1 Å². The van der Waals surface area contributed by atoms with Gasteiger partial charge in [-0.3, -0.25) is 0 Å². The van der Waals surface area contributed by atoms with Gasteiger partial charge in [0.2, 0.25) is 0 Å². The molecular formula is C10H7BrClNS2. The highest BCUT2D eigenvalue weighted by Gasteiger charge is 2.00. The number of thioether (sulfide) groups is 1. The van der Waals surface area contributed by atoms with E-state index in [-0.39, 0.29) is 0 Å². The van der Waals surface area contributed by atoms with Gasteiger partial charge in [-0.1, -0.05) is 11.6 Å². The smallest absolute Gasteiger partial charge is 0.0964 e. The first kappa shape index (κ1) is 11.5. The summed E-state index contributed by atoms with van der Waals surface area (Å²) < 4.78 is 1.15. The summed E-state index contributed by atoms with van der Waals surface area (Å²) in [4.78, 5) is 5.56. The standard InChI is InChI=1S/C10H7BrClNS2/c11-7-3-9(14-5-7)6-15-10-2-1-8(12)4-13-10/h1-5H,6H2. The van der Waals surface area contributed by atoms with E-state index in [0.717, 1.165) is 15.3 Å². The Hall–Kier alpha value is -0.0300. The quantitative estimate of drug-likeness (QED) is 0.750. The van der Waals surface area contributed by atoms with Gasteiger partial charge < -0.3 is 0 Å². The molecule has 78 valence electrons. The van der Waals surface area contributed by atoms with E-state index in [1.165, 1.54) is 4.88 Å². The highest BCUT2D eigenvalue weighted by atomic mass is 79.9. The molecule has 0 saturated heterocycles. The van der Waals surface area contributed by atoms with Gasteiger partial charge >= 0.3 is 0 Å². The van der Waals surface area contributed by atoms with Crippen molar-refractivity contribution < 1.29 is 0 Å². The van der Waals surface area contributed by atoms with Gasteiger partial charge in [0.05, 0.1) is 10.0 Å². The fourth-order valence-corrected chi connectivity index (χ4v) is 3.48. The molecule has 0 aliphatic carbocycles. The fourth-order valence-electron chi connectivity index (χ4n) is 1.02. The van der Waals surface area contributed by atoms with E-state index >= 15 is 0 Å². The van der Waals surface area contributed by atoms with Gasteiger partial charge in [-0.25, -0.2) is 4.98 Å². The third-order valence-corrected chi connectivity index (χ3v) is 4.78. The van der Waals surface area contributed by atoms with E-state index in [0.29, 0.717) is 5.02 Å². The van der Waals surface area contributed by atoms with Crippen molar-refractivity contribution in [2.45, 2.75) is 10.8 Å². The topological polar surface area (TPSA) is 12.9 Å². The van der Waals surface area contributed by atoms with Crippen LogP contribution in [0.4, 0.5) is 0 Å². The zero-order valence-corrected chi connectivity index (χ0v) is 11.6. The Morgan fingerprint density at radius 1 is 1.47 bits per heavy atom. The molecule has 2 rings (SSSR count). The lowest BCUT2D eigenvalue weighted by Gasteiger charge is -1.98. The monoisotopic (exact) mass is 319 g/mol. The molecule has 0 bridgehead atoms. The average Bonchev–Trinajstić information content (AvgIpc) is 2.64. The number of hydrogen-bond acceptors (Lipinski definition) is 3. The summed E-state index contributed by atoms with van der Waals surface area (Å²) in [7, 11) is 0.